The molecule has 0 aliphatic carbocycles. The van der Waals surface area contributed by atoms with Crippen LogP contribution in [0.4, 0.5) is 5.69 Å². The molecule has 1 saturated heterocycles. The van der Waals surface area contributed by atoms with Crippen molar-refractivity contribution in [2.45, 2.75) is 12.5 Å². The molecule has 16 heavy (non-hydrogen) atoms. The molecule has 0 spiro atoms. The van der Waals surface area contributed by atoms with E-state index in [1.54, 1.807) is 0 Å². The first-order chi connectivity index (χ1) is 7.77. The number of rotatable bonds is 2. The van der Waals surface area contributed by atoms with Crippen LogP contribution in [-0.4, -0.2) is 37.2 Å². The maximum absolute atomic E-state index is 5.95. The summed E-state index contributed by atoms with van der Waals surface area (Å²) in [6.07, 6.45) is 1.02. The third kappa shape index (κ3) is 2.52. The van der Waals surface area contributed by atoms with Crippen LogP contribution in [0.25, 0.3) is 0 Å². The molecule has 1 unspecified atom stereocenters. The zero-order valence-electron chi connectivity index (χ0n) is 9.47. The molecule has 1 aliphatic heterocycles. The number of likely N-dealkylation sites (N-methyl/N-ethyl adjacent to an activating group) is 1. The number of ether oxygens (including phenoxy) is 1. The lowest BCUT2D eigenvalue weighted by molar-refractivity contribution is 0.179. The first kappa shape index (κ1) is 11.0. The standard InChI is InChI=1S/C12H17N3O/c1-15(11-7-8-16-9-11)12(13)14-10-5-3-2-4-6-10/h2-6,11H,7-9H2,1H3,(H2,13,14). The van der Waals surface area contributed by atoms with E-state index in [-0.39, 0.29) is 0 Å². The smallest absolute Gasteiger partial charge is 0.196 e. The second-order valence-electron chi connectivity index (χ2n) is 3.93. The van der Waals surface area contributed by atoms with Crippen molar-refractivity contribution in [3.63, 3.8) is 0 Å². The van der Waals surface area contributed by atoms with E-state index < -0.39 is 0 Å². The zero-order valence-corrected chi connectivity index (χ0v) is 9.47. The van der Waals surface area contributed by atoms with E-state index in [0.29, 0.717) is 12.0 Å². The lowest BCUT2D eigenvalue weighted by atomic mass is 10.2. The summed E-state index contributed by atoms with van der Waals surface area (Å²) in [5.74, 6) is 0.543. The number of aliphatic imine (C=N–C) groups is 1. The van der Waals surface area contributed by atoms with Crippen LogP contribution in [0.15, 0.2) is 35.3 Å². The van der Waals surface area contributed by atoms with Gasteiger partial charge in [0.15, 0.2) is 5.96 Å². The van der Waals surface area contributed by atoms with Gasteiger partial charge in [-0.3, -0.25) is 0 Å². The van der Waals surface area contributed by atoms with Crippen LogP contribution in [0.3, 0.4) is 0 Å². The topological polar surface area (TPSA) is 50.8 Å². The Morgan fingerprint density at radius 3 is 2.81 bits per heavy atom. The van der Waals surface area contributed by atoms with Gasteiger partial charge in [0.05, 0.1) is 18.3 Å². The summed E-state index contributed by atoms with van der Waals surface area (Å²) in [5, 5.41) is 0. The first-order valence-corrected chi connectivity index (χ1v) is 5.47. The Balaban J connectivity index is 2.06. The normalized spacial score (nSPS) is 21.1. The molecule has 0 aromatic heterocycles. The van der Waals surface area contributed by atoms with Crippen LogP contribution in [0.5, 0.6) is 0 Å². The SMILES string of the molecule is CN(C(N)=Nc1ccccc1)C1CCOC1. The Hall–Kier alpha value is -1.55. The van der Waals surface area contributed by atoms with Crippen LogP contribution in [-0.2, 0) is 4.74 Å². The highest BCUT2D eigenvalue weighted by molar-refractivity contribution is 5.81. The van der Waals surface area contributed by atoms with Gasteiger partial charge in [-0.1, -0.05) is 18.2 Å². The van der Waals surface area contributed by atoms with Gasteiger partial charge in [0.25, 0.3) is 0 Å². The second kappa shape index (κ2) is 4.99. The van der Waals surface area contributed by atoms with Crippen molar-refractivity contribution in [2.24, 2.45) is 10.7 Å². The van der Waals surface area contributed by atoms with E-state index in [1.807, 2.05) is 42.3 Å². The van der Waals surface area contributed by atoms with E-state index in [4.69, 9.17) is 10.5 Å². The van der Waals surface area contributed by atoms with Gasteiger partial charge in [-0.15, -0.1) is 0 Å². The molecular weight excluding hydrogens is 202 g/mol. The van der Waals surface area contributed by atoms with Crippen molar-refractivity contribution in [3.8, 4) is 0 Å². The summed E-state index contributed by atoms with van der Waals surface area (Å²) in [6, 6.07) is 10.1. The number of hydrogen-bond acceptors (Lipinski definition) is 2. The van der Waals surface area contributed by atoms with Gasteiger partial charge in [0.2, 0.25) is 0 Å². The second-order valence-corrected chi connectivity index (χ2v) is 3.93. The van der Waals surface area contributed by atoms with Crippen molar-refractivity contribution >= 4 is 11.6 Å². The molecule has 1 aliphatic rings. The first-order valence-electron chi connectivity index (χ1n) is 5.47. The fraction of sp³-hybridized carbons (Fsp3) is 0.417. The summed E-state index contributed by atoms with van der Waals surface area (Å²) in [5.41, 5.74) is 6.83. The van der Waals surface area contributed by atoms with Crippen LogP contribution in [0.2, 0.25) is 0 Å². The van der Waals surface area contributed by atoms with E-state index in [9.17, 15) is 0 Å². The van der Waals surface area contributed by atoms with Gasteiger partial charge in [0, 0.05) is 13.7 Å². The number of hydrogen-bond donors (Lipinski definition) is 1. The number of nitrogens with two attached hydrogens (primary N) is 1. The molecule has 0 radical (unpaired) electrons. The lowest BCUT2D eigenvalue weighted by Crippen LogP contribution is -2.41. The molecule has 2 rings (SSSR count). The Bertz CT molecular complexity index is 358. The molecule has 1 aromatic rings. The fourth-order valence-electron chi connectivity index (χ4n) is 1.73. The Kier molecular flexibility index (Phi) is 3.41. The van der Waals surface area contributed by atoms with Gasteiger partial charge in [0.1, 0.15) is 0 Å². The molecule has 0 amide bonds. The number of para-hydroxylation sites is 1. The highest BCUT2D eigenvalue weighted by Crippen LogP contribution is 2.13. The largest absolute Gasteiger partial charge is 0.379 e. The van der Waals surface area contributed by atoms with Crippen LogP contribution in [0.1, 0.15) is 6.42 Å². The predicted molar refractivity (Wildman–Crippen MR) is 64.7 cm³/mol. The minimum Gasteiger partial charge on any atom is -0.379 e. The van der Waals surface area contributed by atoms with Crippen molar-refractivity contribution in [1.29, 1.82) is 0 Å². The van der Waals surface area contributed by atoms with Crippen LogP contribution in [0, 0.1) is 0 Å². The lowest BCUT2D eigenvalue weighted by Gasteiger charge is -2.23. The van der Waals surface area contributed by atoms with Gasteiger partial charge in [-0.05, 0) is 18.6 Å². The van der Waals surface area contributed by atoms with Crippen molar-refractivity contribution in [3.05, 3.63) is 30.3 Å². The molecule has 4 heteroatoms. The van der Waals surface area contributed by atoms with E-state index >= 15 is 0 Å². The third-order valence-corrected chi connectivity index (χ3v) is 2.81. The quantitative estimate of drug-likeness (QED) is 0.603. The molecule has 1 heterocycles. The maximum Gasteiger partial charge on any atom is 0.196 e. The molecule has 86 valence electrons. The van der Waals surface area contributed by atoms with Gasteiger partial charge < -0.3 is 15.4 Å². The summed E-state index contributed by atoms with van der Waals surface area (Å²) in [7, 11) is 1.96. The van der Waals surface area contributed by atoms with E-state index in [0.717, 1.165) is 25.3 Å². The van der Waals surface area contributed by atoms with Gasteiger partial charge >= 0.3 is 0 Å². The molecule has 2 N–H and O–H groups in total. The molecule has 1 aromatic carbocycles. The molecule has 4 nitrogen and oxygen atoms in total. The molecule has 0 saturated carbocycles. The molecule has 1 atom stereocenters. The summed E-state index contributed by atoms with van der Waals surface area (Å²) in [4.78, 5) is 6.35. The molecule has 0 bridgehead atoms. The average molecular weight is 219 g/mol. The highest BCUT2D eigenvalue weighted by Gasteiger charge is 2.21. The monoisotopic (exact) mass is 219 g/mol. The van der Waals surface area contributed by atoms with Crippen molar-refractivity contribution < 1.29 is 4.74 Å². The third-order valence-electron chi connectivity index (χ3n) is 2.81. The van der Waals surface area contributed by atoms with E-state index in [2.05, 4.69) is 4.99 Å². The van der Waals surface area contributed by atoms with Gasteiger partial charge in [-0.25, -0.2) is 4.99 Å². The highest BCUT2D eigenvalue weighted by atomic mass is 16.5. The minimum atomic E-state index is 0.354. The number of nitrogens with zero attached hydrogens (tertiary/aromatic N) is 2. The molecular formula is C12H17N3O. The Morgan fingerprint density at radius 2 is 2.19 bits per heavy atom. The average Bonchev–Trinajstić information content (AvgIpc) is 2.83. The summed E-state index contributed by atoms with van der Waals surface area (Å²) >= 11 is 0. The Labute approximate surface area is 95.7 Å². The van der Waals surface area contributed by atoms with E-state index in [1.165, 1.54) is 0 Å². The minimum absolute atomic E-state index is 0.354. The van der Waals surface area contributed by atoms with Crippen LogP contribution >= 0.6 is 0 Å². The fourth-order valence-corrected chi connectivity index (χ4v) is 1.73. The van der Waals surface area contributed by atoms with Crippen LogP contribution < -0.4 is 5.73 Å². The number of benzene rings is 1. The van der Waals surface area contributed by atoms with Crippen molar-refractivity contribution in [1.82, 2.24) is 4.90 Å². The van der Waals surface area contributed by atoms with Crippen molar-refractivity contribution in [2.75, 3.05) is 20.3 Å². The summed E-state index contributed by atoms with van der Waals surface area (Å²) < 4.78 is 5.33. The maximum atomic E-state index is 5.95. The number of guanidine groups is 1. The Morgan fingerprint density at radius 1 is 1.44 bits per heavy atom. The summed E-state index contributed by atoms with van der Waals surface area (Å²) in [6.45, 7) is 1.55. The zero-order chi connectivity index (χ0) is 11.4. The molecule has 1 fully saturated rings. The van der Waals surface area contributed by atoms with Gasteiger partial charge in [-0.2, -0.15) is 0 Å². The predicted octanol–water partition coefficient (Wildman–Crippen LogP) is 1.35.